The van der Waals surface area contributed by atoms with Gasteiger partial charge in [-0.2, -0.15) is 10.1 Å². The normalized spacial score (nSPS) is 33.4. The van der Waals surface area contributed by atoms with Gasteiger partial charge in [-0.15, -0.1) is 0 Å². The van der Waals surface area contributed by atoms with Crippen LogP contribution >= 0.6 is 7.75 Å². The lowest BCUT2D eigenvalue weighted by Gasteiger charge is -2.26. The Labute approximate surface area is 243 Å². The van der Waals surface area contributed by atoms with Gasteiger partial charge in [-0.25, -0.2) is 13.8 Å². The highest BCUT2D eigenvalue weighted by Crippen LogP contribution is 2.47. The van der Waals surface area contributed by atoms with Crippen molar-refractivity contribution in [1.29, 1.82) is 0 Å². The van der Waals surface area contributed by atoms with Crippen LogP contribution in [0.5, 0.6) is 11.5 Å². The molecular weight excluding hydrogens is 572 g/mol. The number of aromatic nitrogens is 2. The number of aliphatic hydroxyl groups is 1. The molecule has 2 aromatic rings. The number of carbonyl (C=O) groups is 1. The Morgan fingerprint density at radius 3 is 2.64 bits per heavy atom. The minimum absolute atomic E-state index is 0.0924. The summed E-state index contributed by atoms with van der Waals surface area (Å²) in [5.41, 5.74) is -3.69. The third-order valence-corrected chi connectivity index (χ3v) is 8.48. The number of fused-ring (bicyclic) bond motifs is 5. The maximum Gasteiger partial charge on any atom is 0.459 e. The molecule has 2 N–H and O–H groups in total. The highest BCUT2D eigenvalue weighted by Gasteiger charge is 2.56. The van der Waals surface area contributed by atoms with Crippen molar-refractivity contribution < 1.29 is 42.1 Å². The highest BCUT2D eigenvalue weighted by atomic mass is 31.2. The predicted molar refractivity (Wildman–Crippen MR) is 150 cm³/mol. The Kier molecular flexibility index (Phi) is 9.89. The number of nitrogens with zero attached hydrogens (tertiary/aromatic N) is 2. The molecule has 1 aromatic carbocycles. The molecule has 14 heteroatoms. The first-order chi connectivity index (χ1) is 19.8. The number of ether oxygens (including phenoxy) is 3. The predicted octanol–water partition coefficient (Wildman–Crippen LogP) is 3.71. The number of halogens is 1. The van der Waals surface area contributed by atoms with Gasteiger partial charge in [-0.05, 0) is 38.8 Å². The van der Waals surface area contributed by atoms with E-state index in [4.69, 9.17) is 23.3 Å². The number of hydrogen-bond donors (Lipinski definition) is 2. The smallest absolute Gasteiger partial charge is 0.459 e. The zero-order chi connectivity index (χ0) is 30.5. The van der Waals surface area contributed by atoms with Crippen LogP contribution in [0.3, 0.4) is 0 Å². The van der Waals surface area contributed by atoms with Crippen molar-refractivity contribution in [3.8, 4) is 11.5 Å². The number of cyclic esters (lactones) is 1. The van der Waals surface area contributed by atoms with E-state index < -0.39 is 61.6 Å². The van der Waals surface area contributed by atoms with Gasteiger partial charge in [0.05, 0.1) is 32.2 Å². The highest BCUT2D eigenvalue weighted by molar-refractivity contribution is 7.52. The first kappa shape index (κ1) is 31.8. The number of carbonyl (C=O) groups excluding carboxylic acids is 1. The molecule has 1 aromatic heterocycles. The van der Waals surface area contributed by atoms with Gasteiger partial charge >= 0.3 is 19.4 Å². The van der Waals surface area contributed by atoms with Gasteiger partial charge in [0.1, 0.15) is 24.0 Å². The minimum Gasteiger partial charge on any atom is -0.490 e. The molecule has 2 aliphatic heterocycles. The minimum atomic E-state index is -4.34. The van der Waals surface area contributed by atoms with Gasteiger partial charge in [-0.1, -0.05) is 44.2 Å². The fourth-order valence-corrected chi connectivity index (χ4v) is 5.89. The van der Waals surface area contributed by atoms with E-state index in [0.29, 0.717) is 12.8 Å². The van der Waals surface area contributed by atoms with Crippen LogP contribution in [0.2, 0.25) is 0 Å². The van der Waals surface area contributed by atoms with Gasteiger partial charge in [-0.3, -0.25) is 13.9 Å². The van der Waals surface area contributed by atoms with Crippen molar-refractivity contribution >= 4 is 13.7 Å². The van der Waals surface area contributed by atoms with Crippen molar-refractivity contribution in [3.63, 3.8) is 0 Å². The molecule has 0 saturated carbocycles. The maximum absolute atomic E-state index is 15.9. The number of para-hydroxylation sites is 1. The molecule has 1 unspecified atom stereocenters. The number of esters is 1. The summed E-state index contributed by atoms with van der Waals surface area (Å²) in [4.78, 5) is 29.2. The third kappa shape index (κ3) is 7.84. The molecule has 3 heterocycles. The second kappa shape index (κ2) is 13.0. The quantitative estimate of drug-likeness (QED) is 0.292. The number of hydrogen-bond acceptors (Lipinski definition) is 10. The van der Waals surface area contributed by atoms with E-state index in [0.717, 1.165) is 11.5 Å². The number of aliphatic hydroxyl groups excluding tert-OH is 1. The zero-order valence-corrected chi connectivity index (χ0v) is 24.9. The summed E-state index contributed by atoms with van der Waals surface area (Å²) >= 11 is 0. The third-order valence-electron chi connectivity index (χ3n) is 6.84. The molecule has 6 atom stereocenters. The molecule has 12 nitrogen and oxygen atoms in total. The lowest BCUT2D eigenvalue weighted by Crippen LogP contribution is -2.43. The average Bonchev–Trinajstić information content (AvgIpc) is 3.16. The lowest BCUT2D eigenvalue weighted by atomic mass is 9.90. The Balaban J connectivity index is 1.64. The first-order valence-corrected chi connectivity index (χ1v) is 15.2. The molecular formula is C28H37FN3O9P. The molecule has 230 valence electrons. The molecule has 0 spiro atoms. The summed E-state index contributed by atoms with van der Waals surface area (Å²) in [5, 5.41) is 13.4. The van der Waals surface area contributed by atoms with Crippen LogP contribution in [0.4, 0.5) is 4.39 Å². The van der Waals surface area contributed by atoms with E-state index in [2.05, 4.69) is 10.1 Å². The van der Waals surface area contributed by atoms with Gasteiger partial charge in [0.25, 0.3) is 0 Å². The lowest BCUT2D eigenvalue weighted by molar-refractivity contribution is -0.148. The van der Waals surface area contributed by atoms with Crippen molar-refractivity contribution in [2.24, 2.45) is 5.41 Å². The van der Waals surface area contributed by atoms with Crippen LogP contribution < -0.4 is 20.0 Å². The molecule has 1 fully saturated rings. The van der Waals surface area contributed by atoms with E-state index in [1.165, 1.54) is 31.5 Å². The van der Waals surface area contributed by atoms with Gasteiger partial charge in [0, 0.05) is 5.41 Å². The number of alkyl halides is 1. The monoisotopic (exact) mass is 609 g/mol. The topological polar surface area (TPSA) is 147 Å². The molecule has 4 bridgehead atoms. The van der Waals surface area contributed by atoms with Crippen LogP contribution in [0.25, 0.3) is 0 Å². The van der Waals surface area contributed by atoms with E-state index in [-0.39, 0.29) is 24.7 Å². The standard InChI is InChI=1S/C28H37FN3O9P/c1-19-24(34)38-18-27(2,3)13-9-6-10-14-37-21-15-30-26(35)32(16-21)25-28(4,29)23(33)22(40-25)17-39-42(36,31-19)41-20-11-7-5-8-12-20/h5-9,11-12,15-16,19,22-23,25,33H,10,13-14,17-18H2,1-4H3,(H,31,36)/b9-6+/t19-,22-,23-,25-,28-,42?/m1/s1. The van der Waals surface area contributed by atoms with Crippen LogP contribution in [0, 0.1) is 5.41 Å². The van der Waals surface area contributed by atoms with E-state index in [1.807, 2.05) is 26.0 Å². The van der Waals surface area contributed by atoms with Gasteiger partial charge in [0.15, 0.2) is 17.6 Å². The average molecular weight is 610 g/mol. The maximum atomic E-state index is 15.9. The Hall–Kier alpha value is -3.09. The Morgan fingerprint density at radius 2 is 1.90 bits per heavy atom. The summed E-state index contributed by atoms with van der Waals surface area (Å²) < 4.78 is 58.8. The molecule has 4 rings (SSSR count). The zero-order valence-electron chi connectivity index (χ0n) is 24.0. The van der Waals surface area contributed by atoms with Crippen LogP contribution in [0.15, 0.2) is 59.7 Å². The summed E-state index contributed by atoms with van der Waals surface area (Å²) in [7, 11) is -4.34. The van der Waals surface area contributed by atoms with Crippen LogP contribution in [0.1, 0.15) is 46.8 Å². The summed E-state index contributed by atoms with van der Waals surface area (Å²) in [6.45, 7) is 6.12. The van der Waals surface area contributed by atoms with E-state index in [9.17, 15) is 19.3 Å². The Morgan fingerprint density at radius 1 is 1.17 bits per heavy atom. The summed E-state index contributed by atoms with van der Waals surface area (Å²) in [6.07, 6.45) is 2.70. The van der Waals surface area contributed by atoms with Gasteiger partial charge < -0.3 is 23.8 Å². The molecule has 1 saturated heterocycles. The van der Waals surface area contributed by atoms with Crippen molar-refractivity contribution in [1.82, 2.24) is 14.6 Å². The van der Waals surface area contributed by atoms with Crippen molar-refractivity contribution in [2.75, 3.05) is 19.8 Å². The molecule has 0 radical (unpaired) electrons. The largest absolute Gasteiger partial charge is 0.490 e. The first-order valence-electron chi connectivity index (χ1n) is 13.6. The van der Waals surface area contributed by atoms with Crippen molar-refractivity contribution in [2.45, 2.75) is 70.7 Å². The molecule has 0 aliphatic carbocycles. The fourth-order valence-electron chi connectivity index (χ4n) is 4.39. The summed E-state index contributed by atoms with van der Waals surface area (Å²) in [6, 6.07) is 6.97. The second-order valence-corrected chi connectivity index (χ2v) is 12.9. The SMILES string of the molecule is C[C@H]1NP(=O)(Oc2ccccc2)OC[C@H]2O[C@@H](n3cc(cnc3=O)OCC/C=C/CC(C)(C)COC1=O)[C@](C)(F)[C@@H]2O. The van der Waals surface area contributed by atoms with E-state index >= 15 is 4.39 Å². The molecule has 2 aliphatic rings. The van der Waals surface area contributed by atoms with Crippen LogP contribution in [-0.4, -0.2) is 64.4 Å². The second-order valence-electron chi connectivity index (χ2n) is 11.2. The fraction of sp³-hybridized carbons (Fsp3) is 0.536. The summed E-state index contributed by atoms with van der Waals surface area (Å²) in [5.74, 6) is -0.317. The number of benzene rings is 1. The number of allylic oxidation sites excluding steroid dienone is 1. The van der Waals surface area contributed by atoms with Gasteiger partial charge in [0.2, 0.25) is 0 Å². The number of rotatable bonds is 2. The Bertz CT molecular complexity index is 1370. The van der Waals surface area contributed by atoms with Crippen LogP contribution in [-0.2, 0) is 23.4 Å². The van der Waals surface area contributed by atoms with E-state index in [1.54, 1.807) is 18.2 Å². The molecule has 42 heavy (non-hydrogen) atoms. The molecule has 0 amide bonds. The number of nitrogens with one attached hydrogen (secondary N) is 1. The van der Waals surface area contributed by atoms with Crippen molar-refractivity contribution in [3.05, 3.63) is 65.4 Å².